The summed E-state index contributed by atoms with van der Waals surface area (Å²) < 4.78 is 29.1. The number of rotatable bonds is 16. The molecule has 9 fully saturated rings. The highest BCUT2D eigenvalue weighted by molar-refractivity contribution is 6.05. The Kier molecular flexibility index (Phi) is 11.9. The van der Waals surface area contributed by atoms with Crippen LogP contribution in [0.2, 0.25) is 0 Å². The number of carbonyl (C=O) groups excluding carboxylic acids is 5. The lowest BCUT2D eigenvalue weighted by atomic mass is 9.76. The van der Waals surface area contributed by atoms with Gasteiger partial charge in [0.15, 0.2) is 0 Å². The molecule has 0 heterocycles. The van der Waals surface area contributed by atoms with E-state index < -0.39 is 17.9 Å². The fraction of sp³-hybridized carbons (Fsp3) is 0.717. The van der Waals surface area contributed by atoms with Gasteiger partial charge in [-0.1, -0.05) is 26.5 Å². The molecule has 1 aromatic carbocycles. The van der Waals surface area contributed by atoms with E-state index in [1.807, 2.05) is 0 Å². The second kappa shape index (κ2) is 17.5. The van der Waals surface area contributed by atoms with Crippen LogP contribution in [0.5, 0.6) is 0 Å². The minimum absolute atomic E-state index is 0.0517. The molecule has 6 bridgehead atoms. The van der Waals surface area contributed by atoms with Gasteiger partial charge < -0.3 is 23.7 Å². The molecule has 18 atom stereocenters. The Morgan fingerprint density at radius 3 is 1.46 bits per heavy atom. The van der Waals surface area contributed by atoms with Crippen molar-refractivity contribution < 1.29 is 47.7 Å². The summed E-state index contributed by atoms with van der Waals surface area (Å²) in [5, 5.41) is 0. The first-order chi connectivity index (χ1) is 30.5. The van der Waals surface area contributed by atoms with Gasteiger partial charge in [0.05, 0.1) is 49.7 Å². The SMILES string of the molecule is C=CC(=O)OCC1CC2C3CC(COC(=O)c4ccc(C(=O)OCC5CC6CC5C5CC(CC)CC65)cc4C(=O)OCC4CC5CC4C4CC(COC(=O)C(=C)C)CC54)C(C3)C2C1. The van der Waals surface area contributed by atoms with Gasteiger partial charge in [-0.3, -0.25) is 0 Å². The molecule has 0 aromatic heterocycles. The van der Waals surface area contributed by atoms with Crippen molar-refractivity contribution in [3.05, 3.63) is 59.7 Å². The Balaban J connectivity index is 0.787. The lowest BCUT2D eigenvalue weighted by Crippen LogP contribution is -2.29. The summed E-state index contributed by atoms with van der Waals surface area (Å²) >= 11 is 0. The molecule has 9 aliphatic rings. The van der Waals surface area contributed by atoms with Crippen molar-refractivity contribution in [2.75, 3.05) is 33.0 Å². The van der Waals surface area contributed by atoms with Crippen LogP contribution in [-0.4, -0.2) is 62.9 Å². The molecular weight excluding hydrogens is 797 g/mol. The molecule has 0 spiro atoms. The lowest BCUT2D eigenvalue weighted by Gasteiger charge is -2.31. The number of carbonyl (C=O) groups is 5. The van der Waals surface area contributed by atoms with Crippen LogP contribution in [0.1, 0.15) is 128 Å². The van der Waals surface area contributed by atoms with Crippen molar-refractivity contribution in [3.63, 3.8) is 0 Å². The fourth-order valence-corrected chi connectivity index (χ4v) is 16.5. The largest absolute Gasteiger partial charge is 0.462 e. The van der Waals surface area contributed by atoms with Crippen molar-refractivity contribution >= 4 is 29.8 Å². The summed E-state index contributed by atoms with van der Waals surface area (Å²) in [6.45, 7) is 13.0. The molecule has 9 aliphatic carbocycles. The van der Waals surface area contributed by atoms with Gasteiger partial charge in [0.1, 0.15) is 0 Å². The molecular formula is C53H68O10. The Bertz CT molecular complexity index is 2000. The van der Waals surface area contributed by atoms with Crippen molar-refractivity contribution in [2.24, 2.45) is 107 Å². The number of benzene rings is 1. The summed E-state index contributed by atoms with van der Waals surface area (Å²) in [5.74, 6) is 7.34. The van der Waals surface area contributed by atoms with Gasteiger partial charge in [-0.15, -0.1) is 0 Å². The van der Waals surface area contributed by atoms with E-state index >= 15 is 0 Å². The summed E-state index contributed by atoms with van der Waals surface area (Å²) in [6, 6.07) is 4.63. The van der Waals surface area contributed by atoms with Gasteiger partial charge in [0.25, 0.3) is 0 Å². The van der Waals surface area contributed by atoms with E-state index in [1.54, 1.807) is 19.1 Å². The molecule has 1 aromatic rings. The molecule has 18 unspecified atom stereocenters. The maximum absolute atomic E-state index is 14.2. The number of ether oxygens (including phenoxy) is 5. The average molecular weight is 865 g/mol. The summed E-state index contributed by atoms with van der Waals surface area (Å²) in [4.78, 5) is 65.6. The van der Waals surface area contributed by atoms with Crippen LogP contribution in [0.25, 0.3) is 0 Å². The van der Waals surface area contributed by atoms with Gasteiger partial charge >= 0.3 is 29.8 Å². The Morgan fingerprint density at radius 1 is 0.524 bits per heavy atom. The molecule has 0 amide bonds. The normalized spacial score (nSPS) is 40.6. The number of fused-ring (bicyclic) bond motifs is 15. The first kappa shape index (κ1) is 43.0. The predicted molar refractivity (Wildman–Crippen MR) is 233 cm³/mol. The van der Waals surface area contributed by atoms with Crippen LogP contribution in [0.4, 0.5) is 0 Å². The third-order valence-electron chi connectivity index (χ3n) is 19.1. The molecule has 63 heavy (non-hydrogen) atoms. The molecule has 10 heteroatoms. The number of hydrogen-bond donors (Lipinski definition) is 0. The first-order valence-corrected chi connectivity index (χ1v) is 24.7. The zero-order valence-corrected chi connectivity index (χ0v) is 37.4. The van der Waals surface area contributed by atoms with Crippen LogP contribution in [0, 0.1) is 107 Å². The Labute approximate surface area is 373 Å². The van der Waals surface area contributed by atoms with Gasteiger partial charge in [0, 0.05) is 11.6 Å². The maximum atomic E-state index is 14.2. The second-order valence-corrected chi connectivity index (χ2v) is 22.1. The Morgan fingerprint density at radius 2 is 0.968 bits per heavy atom. The molecule has 9 saturated carbocycles. The summed E-state index contributed by atoms with van der Waals surface area (Å²) in [7, 11) is 0. The summed E-state index contributed by atoms with van der Waals surface area (Å²) in [6.07, 6.45) is 16.0. The van der Waals surface area contributed by atoms with Gasteiger partial charge in [-0.2, -0.15) is 0 Å². The molecule has 340 valence electrons. The average Bonchev–Trinajstić information content (AvgIpc) is 4.14. The van der Waals surface area contributed by atoms with Crippen LogP contribution in [0.15, 0.2) is 43.0 Å². The minimum atomic E-state index is -0.616. The van der Waals surface area contributed by atoms with Crippen molar-refractivity contribution in [2.45, 2.75) is 97.3 Å². The molecule has 0 radical (unpaired) electrons. The first-order valence-electron chi connectivity index (χ1n) is 24.7. The van der Waals surface area contributed by atoms with E-state index in [2.05, 4.69) is 20.1 Å². The van der Waals surface area contributed by atoms with E-state index in [0.29, 0.717) is 96.4 Å². The van der Waals surface area contributed by atoms with Crippen molar-refractivity contribution in [1.82, 2.24) is 0 Å². The van der Waals surface area contributed by atoms with E-state index in [9.17, 15) is 24.0 Å². The molecule has 0 N–H and O–H groups in total. The van der Waals surface area contributed by atoms with Gasteiger partial charge in [-0.05, 0) is 209 Å². The van der Waals surface area contributed by atoms with E-state index in [4.69, 9.17) is 23.7 Å². The van der Waals surface area contributed by atoms with Crippen LogP contribution in [-0.2, 0) is 33.3 Å². The quantitative estimate of drug-likeness (QED) is 0.0900. The molecule has 10 rings (SSSR count). The topological polar surface area (TPSA) is 132 Å². The zero-order valence-electron chi connectivity index (χ0n) is 37.4. The third-order valence-corrected chi connectivity index (χ3v) is 19.1. The monoisotopic (exact) mass is 864 g/mol. The second-order valence-electron chi connectivity index (χ2n) is 22.1. The van der Waals surface area contributed by atoms with Crippen LogP contribution >= 0.6 is 0 Å². The van der Waals surface area contributed by atoms with Crippen molar-refractivity contribution in [1.29, 1.82) is 0 Å². The smallest absolute Gasteiger partial charge is 0.339 e. The molecule has 10 nitrogen and oxygen atoms in total. The molecule has 0 aliphatic heterocycles. The summed E-state index contributed by atoms with van der Waals surface area (Å²) in [5.41, 5.74) is 0.827. The minimum Gasteiger partial charge on any atom is -0.462 e. The standard InChI is InChI=1S/C53H68O10/c1-5-28-9-39-32-15-35(42(19-32)45(39)10-28)24-61-51(56)31-7-8-38(52(57)62-25-36-16-33-20-43(36)46-13-29(11-40(33)46)22-59-49(54)6-2)48(18-31)53(58)63-26-37-17-34-21-44(37)47-14-30(12-41(34)47)23-60-50(55)27(3)4/h6-8,18,28-30,32-37,39-47H,2-3,5,9-17,19-26H2,1,4H3. The number of esters is 5. The maximum Gasteiger partial charge on any atom is 0.339 e. The zero-order chi connectivity index (χ0) is 43.7. The predicted octanol–water partition coefficient (Wildman–Crippen LogP) is 9.31. The van der Waals surface area contributed by atoms with E-state index in [-0.39, 0.29) is 53.7 Å². The molecule has 0 saturated heterocycles. The van der Waals surface area contributed by atoms with Crippen LogP contribution in [0.3, 0.4) is 0 Å². The third kappa shape index (κ3) is 8.10. The van der Waals surface area contributed by atoms with Gasteiger partial charge in [-0.25, -0.2) is 24.0 Å². The lowest BCUT2D eigenvalue weighted by molar-refractivity contribution is -0.140. The van der Waals surface area contributed by atoms with E-state index in [0.717, 1.165) is 81.5 Å². The highest BCUT2D eigenvalue weighted by Crippen LogP contribution is 2.64. The van der Waals surface area contributed by atoms with E-state index in [1.165, 1.54) is 37.8 Å². The van der Waals surface area contributed by atoms with Gasteiger partial charge in [0.2, 0.25) is 0 Å². The highest BCUT2D eigenvalue weighted by Gasteiger charge is 2.58. The Hall–Kier alpha value is -3.95. The fourth-order valence-electron chi connectivity index (χ4n) is 16.5. The number of hydrogen-bond acceptors (Lipinski definition) is 10. The van der Waals surface area contributed by atoms with Crippen LogP contribution < -0.4 is 0 Å². The van der Waals surface area contributed by atoms with Crippen molar-refractivity contribution in [3.8, 4) is 0 Å². The highest BCUT2D eigenvalue weighted by atomic mass is 16.5.